The molecule has 1 atom stereocenters. The van der Waals surface area contributed by atoms with Gasteiger partial charge in [0.25, 0.3) is 0 Å². The first-order chi connectivity index (χ1) is 6.25. The molecule has 1 amide bonds. The molecule has 1 aliphatic heterocycles. The van der Waals surface area contributed by atoms with Crippen molar-refractivity contribution >= 4 is 5.91 Å². The smallest absolute Gasteiger partial charge is 0.234 e. The van der Waals surface area contributed by atoms with Crippen molar-refractivity contribution < 1.29 is 4.79 Å². The number of piperazine rings is 1. The quantitative estimate of drug-likeness (QED) is 0.512. The summed E-state index contributed by atoms with van der Waals surface area (Å²) in [6, 6.07) is 0.0302. The Morgan fingerprint density at radius 3 is 2.92 bits per heavy atom. The summed E-state index contributed by atoms with van der Waals surface area (Å²) in [5.74, 6) is 1.51. The van der Waals surface area contributed by atoms with Crippen LogP contribution in [-0.4, -0.2) is 34.2 Å². The molecule has 6 nitrogen and oxygen atoms in total. The molecule has 1 unspecified atom stereocenters. The van der Waals surface area contributed by atoms with Crippen LogP contribution >= 0.6 is 0 Å². The van der Waals surface area contributed by atoms with Gasteiger partial charge in [-0.25, -0.2) is 4.98 Å². The van der Waals surface area contributed by atoms with E-state index < -0.39 is 0 Å². The molecule has 0 radical (unpaired) electrons. The maximum absolute atomic E-state index is 10.8. The molecule has 3 N–H and O–H groups in total. The molecule has 0 aromatic carbocycles. The first kappa shape index (κ1) is 8.18. The SMILES string of the molecule is Cc1nc(C2CNC(=O)CN2)n[nH]1. The van der Waals surface area contributed by atoms with Crippen LogP contribution in [0.3, 0.4) is 0 Å². The van der Waals surface area contributed by atoms with Gasteiger partial charge in [0, 0.05) is 6.54 Å². The fourth-order valence-corrected chi connectivity index (χ4v) is 1.26. The summed E-state index contributed by atoms with van der Waals surface area (Å²) in [4.78, 5) is 15.0. The summed E-state index contributed by atoms with van der Waals surface area (Å²) in [6.07, 6.45) is 0. The zero-order chi connectivity index (χ0) is 9.26. The van der Waals surface area contributed by atoms with Crippen LogP contribution in [0.2, 0.25) is 0 Å². The average Bonchev–Trinajstić information content (AvgIpc) is 2.53. The molecule has 2 heterocycles. The van der Waals surface area contributed by atoms with Gasteiger partial charge in [0.2, 0.25) is 5.91 Å². The van der Waals surface area contributed by atoms with E-state index >= 15 is 0 Å². The van der Waals surface area contributed by atoms with E-state index in [1.807, 2.05) is 6.92 Å². The van der Waals surface area contributed by atoms with Gasteiger partial charge in [-0.3, -0.25) is 15.2 Å². The molecular formula is C7H11N5O. The van der Waals surface area contributed by atoms with Crippen LogP contribution in [0.15, 0.2) is 0 Å². The average molecular weight is 181 g/mol. The maximum atomic E-state index is 10.8. The summed E-state index contributed by atoms with van der Waals surface area (Å²) in [5.41, 5.74) is 0. The first-order valence-electron chi connectivity index (χ1n) is 4.14. The molecule has 0 spiro atoms. The van der Waals surface area contributed by atoms with Gasteiger partial charge in [-0.1, -0.05) is 0 Å². The molecule has 1 saturated heterocycles. The van der Waals surface area contributed by atoms with Crippen LogP contribution < -0.4 is 10.6 Å². The fourth-order valence-electron chi connectivity index (χ4n) is 1.26. The van der Waals surface area contributed by atoms with Crippen LogP contribution in [0.5, 0.6) is 0 Å². The lowest BCUT2D eigenvalue weighted by Gasteiger charge is -2.21. The Morgan fingerprint density at radius 2 is 2.38 bits per heavy atom. The van der Waals surface area contributed by atoms with Crippen LogP contribution in [0.1, 0.15) is 17.7 Å². The normalized spacial score (nSPS) is 22.8. The molecule has 1 aromatic rings. The van der Waals surface area contributed by atoms with E-state index in [1.165, 1.54) is 0 Å². The number of hydrogen-bond acceptors (Lipinski definition) is 4. The highest BCUT2D eigenvalue weighted by atomic mass is 16.2. The van der Waals surface area contributed by atoms with Gasteiger partial charge >= 0.3 is 0 Å². The van der Waals surface area contributed by atoms with Crippen molar-refractivity contribution in [3.8, 4) is 0 Å². The van der Waals surface area contributed by atoms with Gasteiger partial charge in [0.1, 0.15) is 5.82 Å². The van der Waals surface area contributed by atoms with Crippen LogP contribution in [-0.2, 0) is 4.79 Å². The van der Waals surface area contributed by atoms with Crippen molar-refractivity contribution in [2.75, 3.05) is 13.1 Å². The molecule has 0 bridgehead atoms. The number of rotatable bonds is 1. The number of nitrogens with one attached hydrogen (secondary N) is 3. The zero-order valence-electron chi connectivity index (χ0n) is 7.29. The summed E-state index contributed by atoms with van der Waals surface area (Å²) < 4.78 is 0. The van der Waals surface area contributed by atoms with Crippen molar-refractivity contribution in [1.82, 2.24) is 25.8 Å². The number of aromatic amines is 1. The second-order valence-corrected chi connectivity index (χ2v) is 3.02. The predicted octanol–water partition coefficient (Wildman–Crippen LogP) is -1.13. The number of H-pyrrole nitrogens is 1. The molecule has 13 heavy (non-hydrogen) atoms. The van der Waals surface area contributed by atoms with E-state index in [4.69, 9.17) is 0 Å². The fraction of sp³-hybridized carbons (Fsp3) is 0.571. The molecule has 1 aromatic heterocycles. The van der Waals surface area contributed by atoms with Crippen molar-refractivity contribution in [2.24, 2.45) is 0 Å². The van der Waals surface area contributed by atoms with E-state index in [1.54, 1.807) is 0 Å². The molecule has 1 aliphatic rings. The van der Waals surface area contributed by atoms with Gasteiger partial charge in [0.15, 0.2) is 5.82 Å². The predicted molar refractivity (Wildman–Crippen MR) is 44.9 cm³/mol. The number of aromatic nitrogens is 3. The minimum atomic E-state index is 0.0171. The van der Waals surface area contributed by atoms with E-state index in [0.717, 1.165) is 5.82 Å². The van der Waals surface area contributed by atoms with E-state index in [2.05, 4.69) is 25.8 Å². The first-order valence-corrected chi connectivity index (χ1v) is 4.14. The third kappa shape index (κ3) is 1.67. The lowest BCUT2D eigenvalue weighted by atomic mass is 10.2. The van der Waals surface area contributed by atoms with Gasteiger partial charge in [-0.2, -0.15) is 5.10 Å². The molecule has 70 valence electrons. The lowest BCUT2D eigenvalue weighted by Crippen LogP contribution is -2.47. The Balaban J connectivity index is 2.06. The third-order valence-corrected chi connectivity index (χ3v) is 1.94. The van der Waals surface area contributed by atoms with Crippen molar-refractivity contribution in [2.45, 2.75) is 13.0 Å². The van der Waals surface area contributed by atoms with Gasteiger partial charge < -0.3 is 5.32 Å². The molecule has 6 heteroatoms. The number of amides is 1. The number of aryl methyl sites for hydroxylation is 1. The monoisotopic (exact) mass is 181 g/mol. The summed E-state index contributed by atoms with van der Waals surface area (Å²) in [7, 11) is 0. The van der Waals surface area contributed by atoms with Gasteiger partial charge in [-0.15, -0.1) is 0 Å². The molecule has 0 saturated carbocycles. The van der Waals surface area contributed by atoms with Crippen LogP contribution in [0, 0.1) is 6.92 Å². The minimum Gasteiger partial charge on any atom is -0.353 e. The van der Waals surface area contributed by atoms with Crippen molar-refractivity contribution in [1.29, 1.82) is 0 Å². The zero-order valence-corrected chi connectivity index (χ0v) is 7.29. The van der Waals surface area contributed by atoms with E-state index in [9.17, 15) is 4.79 Å². The minimum absolute atomic E-state index is 0.0171. The molecule has 0 aliphatic carbocycles. The summed E-state index contributed by atoms with van der Waals surface area (Å²) in [6.45, 7) is 2.73. The topological polar surface area (TPSA) is 82.7 Å². The van der Waals surface area contributed by atoms with Crippen molar-refractivity contribution in [3.63, 3.8) is 0 Å². The van der Waals surface area contributed by atoms with Gasteiger partial charge in [0.05, 0.1) is 12.6 Å². The number of carbonyl (C=O) groups excluding carboxylic acids is 1. The Labute approximate surface area is 75.1 Å². The Hall–Kier alpha value is -1.43. The lowest BCUT2D eigenvalue weighted by molar-refractivity contribution is -0.121. The number of carbonyl (C=O) groups is 1. The van der Waals surface area contributed by atoms with Gasteiger partial charge in [-0.05, 0) is 6.92 Å². The maximum Gasteiger partial charge on any atom is 0.234 e. The van der Waals surface area contributed by atoms with E-state index in [-0.39, 0.29) is 11.9 Å². The second kappa shape index (κ2) is 3.14. The molecular weight excluding hydrogens is 170 g/mol. The van der Waals surface area contributed by atoms with Crippen LogP contribution in [0.25, 0.3) is 0 Å². The Morgan fingerprint density at radius 1 is 1.54 bits per heavy atom. The van der Waals surface area contributed by atoms with Crippen molar-refractivity contribution in [3.05, 3.63) is 11.6 Å². The van der Waals surface area contributed by atoms with Crippen LogP contribution in [0.4, 0.5) is 0 Å². The highest BCUT2D eigenvalue weighted by Gasteiger charge is 2.21. The second-order valence-electron chi connectivity index (χ2n) is 3.02. The standard InChI is InChI=1S/C7H11N5O/c1-4-10-7(12-11-4)5-2-9-6(13)3-8-5/h5,8H,2-3H2,1H3,(H,9,13)(H,10,11,12). The summed E-state index contributed by atoms with van der Waals surface area (Å²) >= 11 is 0. The highest BCUT2D eigenvalue weighted by Crippen LogP contribution is 2.07. The molecule has 1 fully saturated rings. The highest BCUT2D eigenvalue weighted by molar-refractivity contribution is 5.78. The largest absolute Gasteiger partial charge is 0.353 e. The molecule has 2 rings (SSSR count). The summed E-state index contributed by atoms with van der Waals surface area (Å²) in [5, 5.41) is 12.6. The Bertz CT molecular complexity index is 310. The third-order valence-electron chi connectivity index (χ3n) is 1.94. The Kier molecular flexibility index (Phi) is 1.97. The van der Waals surface area contributed by atoms with E-state index in [0.29, 0.717) is 18.9 Å². The number of hydrogen-bond donors (Lipinski definition) is 3. The number of nitrogens with zero attached hydrogens (tertiary/aromatic N) is 2.